The first-order chi connectivity index (χ1) is 14.7. The van der Waals surface area contributed by atoms with Crippen molar-refractivity contribution in [1.82, 2.24) is 9.55 Å². The van der Waals surface area contributed by atoms with Crippen LogP contribution in [0.5, 0.6) is 5.75 Å². The van der Waals surface area contributed by atoms with Gasteiger partial charge < -0.3 is 14.2 Å². The summed E-state index contributed by atoms with van der Waals surface area (Å²) in [7, 11) is 0. The van der Waals surface area contributed by atoms with Gasteiger partial charge in [-0.05, 0) is 37.6 Å². The van der Waals surface area contributed by atoms with Crippen LogP contribution >= 0.6 is 11.8 Å². The van der Waals surface area contributed by atoms with E-state index in [-0.39, 0.29) is 18.2 Å². The van der Waals surface area contributed by atoms with E-state index in [1.165, 1.54) is 23.9 Å². The predicted octanol–water partition coefficient (Wildman–Crippen LogP) is 4.12. The zero-order valence-corrected chi connectivity index (χ0v) is 17.5. The normalized spacial score (nSPS) is 13.3. The van der Waals surface area contributed by atoms with E-state index in [4.69, 9.17) is 19.2 Å². The quantitative estimate of drug-likeness (QED) is 0.304. The molecule has 0 spiro atoms. The van der Waals surface area contributed by atoms with Gasteiger partial charge in [0.05, 0.1) is 17.5 Å². The van der Waals surface area contributed by atoms with Gasteiger partial charge in [-0.1, -0.05) is 23.9 Å². The van der Waals surface area contributed by atoms with Gasteiger partial charge in [-0.3, -0.25) is 9.36 Å². The third-order valence-electron chi connectivity index (χ3n) is 4.81. The van der Waals surface area contributed by atoms with E-state index in [1.54, 1.807) is 10.6 Å². The molecule has 0 N–H and O–H groups in total. The van der Waals surface area contributed by atoms with Crippen LogP contribution in [-0.4, -0.2) is 29.6 Å². The van der Waals surface area contributed by atoms with Crippen molar-refractivity contribution in [2.45, 2.75) is 37.4 Å². The third-order valence-corrected chi connectivity index (χ3v) is 5.83. The predicted molar refractivity (Wildman–Crippen MR) is 113 cm³/mol. The zero-order valence-electron chi connectivity index (χ0n) is 16.7. The summed E-state index contributed by atoms with van der Waals surface area (Å²) in [4.78, 5) is 17.8. The number of nitrogens with zero attached hydrogens (tertiary/aromatic N) is 2. The van der Waals surface area contributed by atoms with Crippen LogP contribution in [0, 0.1) is 5.82 Å². The number of hydrogen-bond acceptors (Lipinski definition) is 6. The molecule has 6 nitrogen and oxygen atoms in total. The highest BCUT2D eigenvalue weighted by Gasteiger charge is 2.18. The van der Waals surface area contributed by atoms with E-state index in [0.717, 1.165) is 5.56 Å². The van der Waals surface area contributed by atoms with Gasteiger partial charge in [0.15, 0.2) is 11.9 Å². The fourth-order valence-corrected chi connectivity index (χ4v) is 4.42. The van der Waals surface area contributed by atoms with Crippen molar-refractivity contribution in [3.8, 4) is 5.75 Å². The second-order valence-corrected chi connectivity index (χ2v) is 7.81. The van der Waals surface area contributed by atoms with Gasteiger partial charge >= 0.3 is 0 Å². The summed E-state index contributed by atoms with van der Waals surface area (Å²) in [6.07, 6.45) is 0.705. The van der Waals surface area contributed by atoms with Crippen molar-refractivity contribution in [2.24, 2.45) is 0 Å². The van der Waals surface area contributed by atoms with Gasteiger partial charge in [-0.25, -0.2) is 9.37 Å². The Kier molecular flexibility index (Phi) is 6.66. The summed E-state index contributed by atoms with van der Waals surface area (Å²) in [6.45, 7) is 4.13. The monoisotopic (exact) mass is 430 g/mol. The minimum atomic E-state index is -0.334. The largest absolute Gasteiger partial charge is 0.467 e. The van der Waals surface area contributed by atoms with E-state index in [9.17, 15) is 9.18 Å². The Labute approximate surface area is 178 Å². The van der Waals surface area contributed by atoms with Crippen LogP contribution in [0.15, 0.2) is 46.3 Å². The van der Waals surface area contributed by atoms with Gasteiger partial charge in [0.25, 0.3) is 5.56 Å². The highest BCUT2D eigenvalue weighted by atomic mass is 32.2. The first-order valence-electron chi connectivity index (χ1n) is 9.89. The molecule has 4 rings (SSSR count). The molecule has 0 fully saturated rings. The molecule has 0 aliphatic carbocycles. The first kappa shape index (κ1) is 20.8. The number of fused-ring (bicyclic) bond motifs is 2. The van der Waals surface area contributed by atoms with Crippen LogP contribution in [0.4, 0.5) is 4.39 Å². The van der Waals surface area contributed by atoms with Crippen LogP contribution in [0.25, 0.3) is 10.9 Å². The molecular formula is C22H23FN2O4S. The van der Waals surface area contributed by atoms with Gasteiger partial charge in [0, 0.05) is 36.6 Å². The molecule has 0 saturated carbocycles. The number of halogens is 1. The van der Waals surface area contributed by atoms with E-state index < -0.39 is 0 Å². The number of benzene rings is 2. The number of hydrogen-bond donors (Lipinski definition) is 0. The van der Waals surface area contributed by atoms with Gasteiger partial charge in [-0.2, -0.15) is 0 Å². The van der Waals surface area contributed by atoms with Crippen LogP contribution in [-0.2, 0) is 28.4 Å². The molecule has 158 valence electrons. The van der Waals surface area contributed by atoms with Crippen molar-refractivity contribution in [3.05, 3.63) is 63.7 Å². The molecule has 8 heteroatoms. The van der Waals surface area contributed by atoms with E-state index >= 15 is 0 Å². The number of ether oxygens (including phenoxy) is 3. The summed E-state index contributed by atoms with van der Waals surface area (Å²) >= 11 is 1.40. The molecule has 30 heavy (non-hydrogen) atoms. The lowest BCUT2D eigenvalue weighted by Gasteiger charge is -2.21. The van der Waals surface area contributed by atoms with Gasteiger partial charge in [0.2, 0.25) is 0 Å². The summed E-state index contributed by atoms with van der Waals surface area (Å²) in [6, 6.07) is 10.2. The molecule has 0 unspecified atom stereocenters. The average molecular weight is 431 g/mol. The fraction of sp³-hybridized carbons (Fsp3) is 0.364. The molecule has 0 saturated heterocycles. The number of aromatic nitrogens is 2. The number of rotatable bonds is 8. The summed E-state index contributed by atoms with van der Waals surface area (Å²) in [5.41, 5.74) is 1.99. The highest BCUT2D eigenvalue weighted by molar-refractivity contribution is 7.98. The Bertz CT molecular complexity index is 1100. The van der Waals surface area contributed by atoms with Crippen molar-refractivity contribution in [2.75, 3.05) is 20.0 Å². The lowest BCUT2D eigenvalue weighted by Crippen LogP contribution is -2.24. The van der Waals surface area contributed by atoms with Crippen LogP contribution in [0.2, 0.25) is 0 Å². The topological polar surface area (TPSA) is 62.6 Å². The maximum atomic E-state index is 14.1. The second kappa shape index (κ2) is 9.59. The molecule has 2 heterocycles. The summed E-state index contributed by atoms with van der Waals surface area (Å²) in [5.74, 6) is 0.747. The Morgan fingerprint density at radius 3 is 3.03 bits per heavy atom. The molecule has 3 aromatic rings. The SMILES string of the molecule is CCOCCCn1c(SCc2cc(F)cc3c2OCOC3)nc2ccccc2c1=O. The Hall–Kier alpha value is -2.42. The van der Waals surface area contributed by atoms with Crippen LogP contribution in [0.3, 0.4) is 0 Å². The van der Waals surface area contributed by atoms with E-state index in [1.807, 2.05) is 25.1 Å². The van der Waals surface area contributed by atoms with Crippen LogP contribution < -0.4 is 10.3 Å². The first-order valence-corrected chi connectivity index (χ1v) is 10.9. The van der Waals surface area contributed by atoms with Crippen molar-refractivity contribution in [3.63, 3.8) is 0 Å². The van der Waals surface area contributed by atoms with Gasteiger partial charge in [-0.15, -0.1) is 0 Å². The summed E-state index contributed by atoms with van der Waals surface area (Å²) in [5, 5.41) is 1.18. The molecule has 1 aliphatic rings. The molecule has 2 aromatic carbocycles. The van der Waals surface area contributed by atoms with E-state index in [0.29, 0.717) is 65.9 Å². The molecule has 0 bridgehead atoms. The average Bonchev–Trinajstić information content (AvgIpc) is 2.76. The minimum Gasteiger partial charge on any atom is -0.467 e. The van der Waals surface area contributed by atoms with Gasteiger partial charge in [0.1, 0.15) is 11.6 Å². The molecule has 1 aromatic heterocycles. The van der Waals surface area contributed by atoms with E-state index in [2.05, 4.69) is 0 Å². The molecule has 1 aliphatic heterocycles. The third kappa shape index (κ3) is 4.50. The highest BCUT2D eigenvalue weighted by Crippen LogP contribution is 2.33. The smallest absolute Gasteiger partial charge is 0.262 e. The maximum Gasteiger partial charge on any atom is 0.262 e. The number of thioether (sulfide) groups is 1. The molecule has 0 atom stereocenters. The molecule has 0 amide bonds. The number of para-hydroxylation sites is 1. The van der Waals surface area contributed by atoms with Crippen molar-refractivity contribution >= 4 is 22.7 Å². The van der Waals surface area contributed by atoms with Crippen LogP contribution in [0.1, 0.15) is 24.5 Å². The van der Waals surface area contributed by atoms with Crippen molar-refractivity contribution in [1.29, 1.82) is 0 Å². The maximum absolute atomic E-state index is 14.1. The standard InChI is InChI=1S/C22H23FN2O4S/c1-2-27-9-5-8-25-21(26)18-6-3-4-7-19(18)24-22(25)30-13-16-11-17(23)10-15-12-28-14-29-20(15)16/h3-4,6-7,10-11H,2,5,8-9,12-14H2,1H3. The Morgan fingerprint density at radius 2 is 2.17 bits per heavy atom. The van der Waals surface area contributed by atoms with Crippen molar-refractivity contribution < 1.29 is 18.6 Å². The molecular weight excluding hydrogens is 407 g/mol. The lowest BCUT2D eigenvalue weighted by atomic mass is 10.1. The second-order valence-electron chi connectivity index (χ2n) is 6.87. The Morgan fingerprint density at radius 1 is 1.30 bits per heavy atom. The fourth-order valence-electron chi connectivity index (χ4n) is 3.43. The summed E-state index contributed by atoms with van der Waals surface area (Å²) < 4.78 is 32.0. The minimum absolute atomic E-state index is 0.0782. The molecule has 0 radical (unpaired) electrons. The Balaban J connectivity index is 1.65. The zero-order chi connectivity index (χ0) is 20.9. The lowest BCUT2D eigenvalue weighted by molar-refractivity contribution is -0.0171.